The fourth-order valence-electron chi connectivity index (χ4n) is 1.16. The van der Waals surface area contributed by atoms with Gasteiger partial charge >= 0.3 is 0 Å². The van der Waals surface area contributed by atoms with E-state index in [1.807, 2.05) is 0 Å². The van der Waals surface area contributed by atoms with Gasteiger partial charge in [0.25, 0.3) is 5.91 Å². The van der Waals surface area contributed by atoms with Crippen molar-refractivity contribution in [1.82, 2.24) is 10.6 Å². The molecule has 1 atom stereocenters. The lowest BCUT2D eigenvalue weighted by Gasteiger charge is -2.10. The molecule has 0 bridgehead atoms. The number of hydrogen-bond donors (Lipinski definition) is 1. The molecule has 1 aliphatic heterocycles. The molecule has 0 aliphatic carbocycles. The van der Waals surface area contributed by atoms with Crippen molar-refractivity contribution in [3.05, 3.63) is 0 Å². The summed E-state index contributed by atoms with van der Waals surface area (Å²) in [5, 5.41) is 9.00. The average Bonchev–Trinajstić information content (AvgIpc) is 2.13. The second kappa shape index (κ2) is 2.98. The summed E-state index contributed by atoms with van der Waals surface area (Å²) in [5.41, 5.74) is 6.65. The van der Waals surface area contributed by atoms with E-state index < -0.39 is 5.91 Å². The van der Waals surface area contributed by atoms with E-state index in [4.69, 9.17) is 10.8 Å². The van der Waals surface area contributed by atoms with Gasteiger partial charge in [0.1, 0.15) is 0 Å². The van der Waals surface area contributed by atoms with Crippen LogP contribution in [0.5, 0.6) is 0 Å². The number of aliphatic hydroxyl groups excluding tert-OH is 1. The molecule has 4 nitrogen and oxygen atoms in total. The zero-order valence-electron chi connectivity index (χ0n) is 5.71. The molecule has 1 saturated heterocycles. The number of amides is 1. The molecule has 0 aromatic carbocycles. The molecule has 0 aromatic rings. The number of likely N-dealkylation sites (tertiary alicyclic amines) is 1. The lowest BCUT2D eigenvalue weighted by Crippen LogP contribution is -2.28. The first-order chi connectivity index (χ1) is 4.68. The smallest absolute Gasteiger partial charge is 0.252 e. The van der Waals surface area contributed by atoms with Crippen molar-refractivity contribution in [2.45, 2.75) is 12.5 Å². The number of carbonyl (C=O) groups is 1. The summed E-state index contributed by atoms with van der Waals surface area (Å²) < 4.78 is 0. The molecule has 1 heterocycles. The van der Waals surface area contributed by atoms with Crippen molar-refractivity contribution in [1.29, 1.82) is 0 Å². The molecule has 1 radical (unpaired) electrons. The lowest BCUT2D eigenvalue weighted by molar-refractivity contribution is -0.119. The maximum atomic E-state index is 10.2. The Morgan fingerprint density at radius 3 is 2.90 bits per heavy atom. The molecule has 1 unspecified atom stereocenters. The van der Waals surface area contributed by atoms with Gasteiger partial charge < -0.3 is 5.11 Å². The van der Waals surface area contributed by atoms with Gasteiger partial charge in [0.2, 0.25) is 0 Å². The van der Waals surface area contributed by atoms with Gasteiger partial charge in [0.05, 0.1) is 12.6 Å². The SMILES string of the molecule is [NH]C(=O)CN1CCC(O)C1. The molecular formula is C6H11N2O2. The molecule has 1 amide bonds. The Balaban J connectivity index is 2.24. The van der Waals surface area contributed by atoms with Crippen LogP contribution in [0.3, 0.4) is 0 Å². The quantitative estimate of drug-likeness (QED) is 0.531. The minimum absolute atomic E-state index is 0.164. The molecular weight excluding hydrogens is 132 g/mol. The predicted molar refractivity (Wildman–Crippen MR) is 35.2 cm³/mol. The van der Waals surface area contributed by atoms with E-state index in [0.717, 1.165) is 13.0 Å². The second-order valence-corrected chi connectivity index (χ2v) is 2.60. The summed E-state index contributed by atoms with van der Waals surface area (Å²) in [4.78, 5) is 12.0. The summed E-state index contributed by atoms with van der Waals surface area (Å²) in [6.45, 7) is 1.45. The summed E-state index contributed by atoms with van der Waals surface area (Å²) in [6.07, 6.45) is 0.437. The Kier molecular flexibility index (Phi) is 2.24. The largest absolute Gasteiger partial charge is 0.392 e. The Morgan fingerprint density at radius 1 is 1.80 bits per heavy atom. The second-order valence-electron chi connectivity index (χ2n) is 2.60. The first kappa shape index (κ1) is 7.50. The number of rotatable bonds is 2. The van der Waals surface area contributed by atoms with Crippen LogP contribution in [0, 0.1) is 0 Å². The Morgan fingerprint density at radius 2 is 2.50 bits per heavy atom. The van der Waals surface area contributed by atoms with Crippen LogP contribution in [0.1, 0.15) is 6.42 Å². The number of nitrogens with one attached hydrogen (secondary N) is 1. The molecule has 57 valence electrons. The maximum Gasteiger partial charge on any atom is 0.252 e. The van der Waals surface area contributed by atoms with Gasteiger partial charge in [0.15, 0.2) is 0 Å². The average molecular weight is 143 g/mol. The topological polar surface area (TPSA) is 64.3 Å². The zero-order valence-corrected chi connectivity index (χ0v) is 5.71. The van der Waals surface area contributed by atoms with E-state index in [2.05, 4.69) is 0 Å². The molecule has 1 aliphatic rings. The fourth-order valence-corrected chi connectivity index (χ4v) is 1.16. The predicted octanol–water partition coefficient (Wildman–Crippen LogP) is -1.14. The zero-order chi connectivity index (χ0) is 7.56. The number of carbonyl (C=O) groups excluding carboxylic acids is 1. The molecule has 1 rings (SSSR count). The van der Waals surface area contributed by atoms with Gasteiger partial charge in [-0.05, 0) is 6.42 Å². The fraction of sp³-hybridized carbons (Fsp3) is 0.833. The molecule has 0 aromatic heterocycles. The number of aliphatic hydroxyl groups is 1. The first-order valence-electron chi connectivity index (χ1n) is 3.33. The third-order valence-electron chi connectivity index (χ3n) is 1.61. The van der Waals surface area contributed by atoms with E-state index in [9.17, 15) is 4.79 Å². The van der Waals surface area contributed by atoms with Crippen molar-refractivity contribution in [3.63, 3.8) is 0 Å². The van der Waals surface area contributed by atoms with E-state index in [1.165, 1.54) is 0 Å². The van der Waals surface area contributed by atoms with Crippen LogP contribution >= 0.6 is 0 Å². The Hall–Kier alpha value is -0.610. The van der Waals surface area contributed by atoms with Crippen molar-refractivity contribution in [2.75, 3.05) is 19.6 Å². The van der Waals surface area contributed by atoms with Crippen LogP contribution in [-0.2, 0) is 4.79 Å². The number of β-amino-alcohol motifs (C(OH)–C–C–N with tert-alkyl or cyclic N) is 1. The summed E-state index contributed by atoms with van der Waals surface area (Å²) in [7, 11) is 0. The minimum atomic E-state index is -0.575. The van der Waals surface area contributed by atoms with Crippen molar-refractivity contribution >= 4 is 5.91 Å². The highest BCUT2D eigenvalue weighted by atomic mass is 16.3. The highest BCUT2D eigenvalue weighted by Crippen LogP contribution is 2.06. The van der Waals surface area contributed by atoms with Gasteiger partial charge in [-0.1, -0.05) is 0 Å². The van der Waals surface area contributed by atoms with Crippen molar-refractivity contribution < 1.29 is 9.90 Å². The monoisotopic (exact) mass is 143 g/mol. The van der Waals surface area contributed by atoms with Gasteiger partial charge in [-0.25, -0.2) is 0 Å². The van der Waals surface area contributed by atoms with Gasteiger partial charge in [0, 0.05) is 13.1 Å². The van der Waals surface area contributed by atoms with Crippen LogP contribution in [0.2, 0.25) is 0 Å². The first-order valence-corrected chi connectivity index (χ1v) is 3.33. The standard InChI is InChI=1S/C6H11N2O2/c7-6(10)4-8-2-1-5(9)3-8/h5,7,9H,1-4H2. The van der Waals surface area contributed by atoms with E-state index in [1.54, 1.807) is 4.90 Å². The minimum Gasteiger partial charge on any atom is -0.392 e. The third kappa shape index (κ3) is 1.97. The lowest BCUT2D eigenvalue weighted by atomic mass is 10.3. The van der Waals surface area contributed by atoms with Gasteiger partial charge in [-0.3, -0.25) is 15.4 Å². The van der Waals surface area contributed by atoms with Crippen LogP contribution in [-0.4, -0.2) is 41.7 Å². The number of hydrogen-bond acceptors (Lipinski definition) is 3. The van der Waals surface area contributed by atoms with Gasteiger partial charge in [-0.15, -0.1) is 0 Å². The van der Waals surface area contributed by atoms with E-state index in [-0.39, 0.29) is 12.6 Å². The van der Waals surface area contributed by atoms with E-state index >= 15 is 0 Å². The van der Waals surface area contributed by atoms with Crippen LogP contribution in [0.4, 0.5) is 0 Å². The molecule has 1 fully saturated rings. The Bertz CT molecular complexity index is 138. The summed E-state index contributed by atoms with van der Waals surface area (Å²) >= 11 is 0. The highest BCUT2D eigenvalue weighted by Gasteiger charge is 2.20. The molecule has 0 saturated carbocycles. The van der Waals surface area contributed by atoms with E-state index in [0.29, 0.717) is 6.54 Å². The number of nitrogens with zero attached hydrogens (tertiary/aromatic N) is 1. The maximum absolute atomic E-state index is 10.2. The highest BCUT2D eigenvalue weighted by molar-refractivity contribution is 5.75. The molecule has 2 N–H and O–H groups in total. The molecule has 0 spiro atoms. The van der Waals surface area contributed by atoms with Crippen molar-refractivity contribution in [2.24, 2.45) is 0 Å². The van der Waals surface area contributed by atoms with Crippen molar-refractivity contribution in [3.8, 4) is 0 Å². The summed E-state index contributed by atoms with van der Waals surface area (Å²) in [6, 6.07) is 0. The summed E-state index contributed by atoms with van der Waals surface area (Å²) in [5.74, 6) is -0.575. The van der Waals surface area contributed by atoms with Crippen LogP contribution < -0.4 is 5.73 Å². The van der Waals surface area contributed by atoms with Gasteiger partial charge in [-0.2, -0.15) is 0 Å². The Labute approximate surface area is 59.6 Å². The van der Waals surface area contributed by atoms with Crippen LogP contribution in [0.15, 0.2) is 0 Å². The normalized spacial score (nSPS) is 27.1. The molecule has 4 heteroatoms. The molecule has 10 heavy (non-hydrogen) atoms. The van der Waals surface area contributed by atoms with Crippen LogP contribution in [0.25, 0.3) is 0 Å². The third-order valence-corrected chi connectivity index (χ3v) is 1.61.